The van der Waals surface area contributed by atoms with Crippen molar-refractivity contribution in [2.75, 3.05) is 25.5 Å². The molecule has 0 bridgehead atoms. The molecule has 2 aliphatic heterocycles. The molecular formula is C15H17NO5S3. The van der Waals surface area contributed by atoms with Gasteiger partial charge in [0, 0.05) is 34.7 Å². The van der Waals surface area contributed by atoms with Gasteiger partial charge in [0.15, 0.2) is 9.84 Å². The van der Waals surface area contributed by atoms with E-state index in [4.69, 9.17) is 4.74 Å². The minimum Gasteiger partial charge on any atom is -0.380 e. The molecular weight excluding hydrogens is 370 g/mol. The van der Waals surface area contributed by atoms with E-state index in [0.29, 0.717) is 18.4 Å². The highest BCUT2D eigenvalue weighted by atomic mass is 32.2. The second-order valence-corrected chi connectivity index (χ2v) is 11.2. The second-order valence-electron chi connectivity index (χ2n) is 6.05. The first kappa shape index (κ1) is 16.5. The molecule has 0 amide bonds. The molecule has 2 fully saturated rings. The average molecular weight is 388 g/mol. The van der Waals surface area contributed by atoms with Crippen LogP contribution in [-0.4, -0.2) is 57.9 Å². The largest absolute Gasteiger partial charge is 0.380 e. The summed E-state index contributed by atoms with van der Waals surface area (Å²) in [7, 11) is -7.06. The van der Waals surface area contributed by atoms with E-state index in [1.54, 1.807) is 11.4 Å². The number of ether oxygens (including phenoxy) is 1. The minimum absolute atomic E-state index is 0.00993. The normalized spacial score (nSPS) is 27.8. The lowest BCUT2D eigenvalue weighted by Gasteiger charge is -2.42. The highest BCUT2D eigenvalue weighted by Gasteiger charge is 2.48. The van der Waals surface area contributed by atoms with Crippen molar-refractivity contribution in [3.05, 3.63) is 29.6 Å². The number of nitrogens with zero attached hydrogens (tertiary/aromatic N) is 1. The van der Waals surface area contributed by atoms with Crippen LogP contribution in [-0.2, 0) is 24.6 Å². The Hall–Kier alpha value is -1.00. The summed E-state index contributed by atoms with van der Waals surface area (Å²) in [4.78, 5) is 0.271. The monoisotopic (exact) mass is 387 g/mol. The third-order valence-electron chi connectivity index (χ3n) is 4.73. The number of thiophene rings is 1. The molecule has 2 saturated heterocycles. The van der Waals surface area contributed by atoms with Crippen LogP contribution in [0.1, 0.15) is 6.42 Å². The first-order valence-electron chi connectivity index (χ1n) is 7.69. The number of benzene rings is 1. The van der Waals surface area contributed by atoms with Gasteiger partial charge in [0.1, 0.15) is 10.1 Å². The molecule has 0 spiro atoms. The molecule has 130 valence electrons. The van der Waals surface area contributed by atoms with Crippen LogP contribution < -0.4 is 0 Å². The van der Waals surface area contributed by atoms with Crippen LogP contribution in [0.25, 0.3) is 10.1 Å². The molecule has 1 aromatic carbocycles. The number of sulfone groups is 1. The zero-order valence-electron chi connectivity index (χ0n) is 12.8. The summed E-state index contributed by atoms with van der Waals surface area (Å²) in [5, 5.41) is 1.58. The molecule has 9 heteroatoms. The third-order valence-corrected chi connectivity index (χ3v) is 9.93. The van der Waals surface area contributed by atoms with Gasteiger partial charge in [0.25, 0.3) is 0 Å². The Morgan fingerprint density at radius 1 is 1.25 bits per heavy atom. The molecule has 2 aliphatic rings. The van der Waals surface area contributed by atoms with Gasteiger partial charge in [-0.15, -0.1) is 11.3 Å². The number of hydrogen-bond donors (Lipinski definition) is 0. The van der Waals surface area contributed by atoms with E-state index in [0.717, 1.165) is 4.70 Å². The zero-order chi connectivity index (χ0) is 16.9. The van der Waals surface area contributed by atoms with Gasteiger partial charge in [-0.3, -0.25) is 0 Å². The van der Waals surface area contributed by atoms with E-state index >= 15 is 0 Å². The Kier molecular flexibility index (Phi) is 3.96. The average Bonchev–Trinajstić information content (AvgIpc) is 2.99. The smallest absolute Gasteiger partial charge is 0.244 e. The lowest BCUT2D eigenvalue weighted by molar-refractivity contribution is 0.0590. The van der Waals surface area contributed by atoms with E-state index in [2.05, 4.69) is 0 Å². The maximum atomic E-state index is 13.2. The predicted molar refractivity (Wildman–Crippen MR) is 92.5 cm³/mol. The van der Waals surface area contributed by atoms with Crippen LogP contribution in [0.3, 0.4) is 0 Å². The number of hydrogen-bond acceptors (Lipinski definition) is 6. The molecule has 24 heavy (non-hydrogen) atoms. The van der Waals surface area contributed by atoms with Gasteiger partial charge >= 0.3 is 0 Å². The molecule has 0 N–H and O–H groups in total. The molecule has 2 aromatic rings. The summed E-state index contributed by atoms with van der Waals surface area (Å²) in [6, 6.07) is 6.82. The molecule has 0 radical (unpaired) electrons. The first-order valence-corrected chi connectivity index (χ1v) is 11.7. The van der Waals surface area contributed by atoms with Crippen LogP contribution in [0.5, 0.6) is 0 Å². The molecule has 6 nitrogen and oxygen atoms in total. The summed E-state index contributed by atoms with van der Waals surface area (Å²) >= 11 is 1.39. The van der Waals surface area contributed by atoms with Crippen LogP contribution in [0.4, 0.5) is 0 Å². The molecule has 1 aromatic heterocycles. The maximum Gasteiger partial charge on any atom is 0.244 e. The number of rotatable bonds is 2. The Labute approximate surface area is 145 Å². The topological polar surface area (TPSA) is 80.8 Å². The van der Waals surface area contributed by atoms with E-state index in [1.807, 2.05) is 18.2 Å². The van der Waals surface area contributed by atoms with Crippen LogP contribution in [0.15, 0.2) is 34.5 Å². The Bertz CT molecular complexity index is 979. The molecule has 0 aliphatic carbocycles. The Balaban J connectivity index is 1.79. The van der Waals surface area contributed by atoms with Gasteiger partial charge in [0.2, 0.25) is 10.0 Å². The van der Waals surface area contributed by atoms with E-state index < -0.39 is 31.2 Å². The summed E-state index contributed by atoms with van der Waals surface area (Å²) in [5.41, 5.74) is 0. The van der Waals surface area contributed by atoms with Gasteiger partial charge in [-0.05, 0) is 12.5 Å². The fraction of sp³-hybridized carbons (Fsp3) is 0.467. The van der Waals surface area contributed by atoms with Crippen molar-refractivity contribution in [2.24, 2.45) is 0 Å². The Morgan fingerprint density at radius 2 is 2.04 bits per heavy atom. The lowest BCUT2D eigenvalue weighted by atomic mass is 10.1. The van der Waals surface area contributed by atoms with Crippen molar-refractivity contribution in [1.29, 1.82) is 0 Å². The van der Waals surface area contributed by atoms with Gasteiger partial charge in [-0.1, -0.05) is 18.2 Å². The highest BCUT2D eigenvalue weighted by molar-refractivity contribution is 7.92. The first-order chi connectivity index (χ1) is 11.4. The summed E-state index contributed by atoms with van der Waals surface area (Å²) < 4.78 is 58.6. The maximum absolute atomic E-state index is 13.2. The van der Waals surface area contributed by atoms with Crippen LogP contribution >= 0.6 is 11.3 Å². The fourth-order valence-corrected chi connectivity index (χ4v) is 8.66. The van der Waals surface area contributed by atoms with Crippen LogP contribution in [0, 0.1) is 0 Å². The number of fused-ring (bicyclic) bond motifs is 2. The SMILES string of the molecule is O=S1(=O)CCN(S(=O)(=O)c2csc3ccccc23)C2CCOCC21. The summed E-state index contributed by atoms with van der Waals surface area (Å²) in [6.45, 7) is 0.465. The fourth-order valence-electron chi connectivity index (χ4n) is 3.49. The van der Waals surface area contributed by atoms with Crippen LogP contribution in [0.2, 0.25) is 0 Å². The van der Waals surface area contributed by atoms with Gasteiger partial charge in [0.05, 0.1) is 12.4 Å². The molecule has 4 rings (SSSR count). The second kappa shape index (κ2) is 5.77. The zero-order valence-corrected chi connectivity index (χ0v) is 15.2. The van der Waals surface area contributed by atoms with Crippen molar-refractivity contribution in [3.63, 3.8) is 0 Å². The van der Waals surface area contributed by atoms with E-state index in [1.165, 1.54) is 15.6 Å². The molecule has 2 unspecified atom stereocenters. The minimum atomic E-state index is -3.74. The van der Waals surface area contributed by atoms with E-state index in [9.17, 15) is 16.8 Å². The van der Waals surface area contributed by atoms with Crippen molar-refractivity contribution >= 4 is 41.3 Å². The third kappa shape index (κ3) is 2.50. The number of sulfonamides is 1. The Morgan fingerprint density at radius 3 is 2.88 bits per heavy atom. The van der Waals surface area contributed by atoms with E-state index in [-0.39, 0.29) is 23.8 Å². The molecule has 2 atom stereocenters. The van der Waals surface area contributed by atoms with Gasteiger partial charge < -0.3 is 4.74 Å². The quantitative estimate of drug-likeness (QED) is 0.780. The predicted octanol–water partition coefficient (Wildman–Crippen LogP) is 1.48. The summed E-state index contributed by atoms with van der Waals surface area (Å²) in [5.74, 6) is -0.154. The highest BCUT2D eigenvalue weighted by Crippen LogP contribution is 2.35. The van der Waals surface area contributed by atoms with Gasteiger partial charge in [-0.25, -0.2) is 16.8 Å². The van der Waals surface area contributed by atoms with Gasteiger partial charge in [-0.2, -0.15) is 4.31 Å². The van der Waals surface area contributed by atoms with Crippen molar-refractivity contribution in [2.45, 2.75) is 22.6 Å². The van der Waals surface area contributed by atoms with Crippen molar-refractivity contribution in [3.8, 4) is 0 Å². The standard InChI is InChI=1S/C15H17NO5S3/c17-23(18)8-6-16(12-5-7-21-9-14(12)23)24(19,20)15-10-22-13-4-2-1-3-11(13)15/h1-4,10,12,14H,5-9H2. The lowest BCUT2D eigenvalue weighted by Crippen LogP contribution is -2.59. The van der Waals surface area contributed by atoms with Crippen molar-refractivity contribution < 1.29 is 21.6 Å². The van der Waals surface area contributed by atoms with Crippen molar-refractivity contribution in [1.82, 2.24) is 4.31 Å². The summed E-state index contributed by atoms with van der Waals surface area (Å²) in [6.07, 6.45) is 0.408. The molecule has 0 saturated carbocycles. The molecule has 3 heterocycles.